The molecule has 0 atom stereocenters. The van der Waals surface area contributed by atoms with E-state index in [0.29, 0.717) is 41.8 Å². The van der Waals surface area contributed by atoms with Gasteiger partial charge in [-0.1, -0.05) is 6.92 Å². The van der Waals surface area contributed by atoms with E-state index in [4.69, 9.17) is 0 Å². The molecule has 2 aliphatic heterocycles. The average Bonchev–Trinajstić information content (AvgIpc) is 3.32. The second-order valence-corrected chi connectivity index (χ2v) is 11.1. The van der Waals surface area contributed by atoms with Crippen LogP contribution < -0.4 is 5.56 Å². The number of carbonyl (C=O) groups is 1. The number of amides is 1. The van der Waals surface area contributed by atoms with Crippen LogP contribution in [0.25, 0.3) is 10.2 Å². The number of aryl methyl sites for hydroxylation is 1. The van der Waals surface area contributed by atoms with Crippen molar-refractivity contribution in [1.29, 1.82) is 0 Å². The van der Waals surface area contributed by atoms with Gasteiger partial charge in [0.1, 0.15) is 16.3 Å². The number of likely N-dealkylation sites (tertiary alicyclic amines) is 1. The molecule has 4 heterocycles. The van der Waals surface area contributed by atoms with Crippen LogP contribution in [0, 0.1) is 12.8 Å². The van der Waals surface area contributed by atoms with Crippen molar-refractivity contribution in [3.63, 3.8) is 0 Å². The van der Waals surface area contributed by atoms with Gasteiger partial charge in [-0.25, -0.2) is 13.4 Å². The molecule has 0 radical (unpaired) electrons. The Kier molecular flexibility index (Phi) is 5.52. The largest absolute Gasteiger partial charge is 0.341 e. The molecule has 4 rings (SSSR count). The highest BCUT2D eigenvalue weighted by Crippen LogP contribution is 2.34. The van der Waals surface area contributed by atoms with E-state index < -0.39 is 15.6 Å². The van der Waals surface area contributed by atoms with Gasteiger partial charge in [-0.15, -0.1) is 11.3 Å². The first kappa shape index (κ1) is 20.5. The topological polar surface area (TPSA) is 92.6 Å². The van der Waals surface area contributed by atoms with E-state index in [9.17, 15) is 18.0 Å². The first-order valence-corrected chi connectivity index (χ1v) is 12.3. The van der Waals surface area contributed by atoms with Gasteiger partial charge < -0.3 is 4.90 Å². The lowest BCUT2D eigenvalue weighted by Gasteiger charge is -2.29. The molecule has 29 heavy (non-hydrogen) atoms. The SMILES string of the molecule is Cc1sc2ncn(CC(=O)N3CCCC3)c(=O)c2c1S(=O)(=O)N1CCC(C)CC1. The molecule has 0 unspecified atom stereocenters. The molecular formula is C19H26N4O4S2. The number of rotatable bonds is 4. The van der Waals surface area contributed by atoms with E-state index in [1.807, 2.05) is 0 Å². The molecule has 2 aromatic heterocycles. The molecule has 1 amide bonds. The van der Waals surface area contributed by atoms with Crippen LogP contribution in [0.5, 0.6) is 0 Å². The molecule has 10 heteroatoms. The van der Waals surface area contributed by atoms with Gasteiger partial charge >= 0.3 is 0 Å². The maximum atomic E-state index is 13.4. The fourth-order valence-corrected chi connectivity index (χ4v) is 7.24. The summed E-state index contributed by atoms with van der Waals surface area (Å²) < 4.78 is 29.5. The minimum Gasteiger partial charge on any atom is -0.341 e. The molecule has 0 bridgehead atoms. The van der Waals surface area contributed by atoms with E-state index in [0.717, 1.165) is 25.7 Å². The molecule has 0 N–H and O–H groups in total. The quantitative estimate of drug-likeness (QED) is 0.726. The summed E-state index contributed by atoms with van der Waals surface area (Å²) >= 11 is 1.21. The van der Waals surface area contributed by atoms with Crippen molar-refractivity contribution in [3.05, 3.63) is 21.6 Å². The summed E-state index contributed by atoms with van der Waals surface area (Å²) in [5.74, 6) is 0.365. The van der Waals surface area contributed by atoms with Crippen LogP contribution in [0.4, 0.5) is 0 Å². The fraction of sp³-hybridized carbons (Fsp3) is 0.632. The zero-order valence-electron chi connectivity index (χ0n) is 16.8. The third-order valence-electron chi connectivity index (χ3n) is 5.90. The van der Waals surface area contributed by atoms with Gasteiger partial charge in [0, 0.05) is 31.1 Å². The maximum absolute atomic E-state index is 13.4. The first-order valence-electron chi connectivity index (χ1n) is 10.1. The van der Waals surface area contributed by atoms with Gasteiger partial charge in [0.25, 0.3) is 5.56 Å². The minimum absolute atomic E-state index is 0.0625. The normalized spacial score (nSPS) is 19.3. The summed E-state index contributed by atoms with van der Waals surface area (Å²) in [7, 11) is -3.79. The number of hydrogen-bond acceptors (Lipinski definition) is 6. The number of hydrogen-bond donors (Lipinski definition) is 0. The molecule has 0 aliphatic carbocycles. The highest BCUT2D eigenvalue weighted by atomic mass is 32.2. The van der Waals surface area contributed by atoms with Crippen molar-refractivity contribution < 1.29 is 13.2 Å². The highest BCUT2D eigenvalue weighted by Gasteiger charge is 2.33. The number of thiophene rings is 1. The fourth-order valence-electron chi connectivity index (χ4n) is 4.10. The summed E-state index contributed by atoms with van der Waals surface area (Å²) in [5, 5.41) is 0.114. The number of carbonyl (C=O) groups excluding carboxylic acids is 1. The molecule has 8 nitrogen and oxygen atoms in total. The number of sulfonamides is 1. The van der Waals surface area contributed by atoms with Crippen molar-refractivity contribution in [3.8, 4) is 0 Å². The van der Waals surface area contributed by atoms with E-state index in [-0.39, 0.29) is 22.7 Å². The monoisotopic (exact) mass is 438 g/mol. The van der Waals surface area contributed by atoms with Crippen molar-refractivity contribution in [2.24, 2.45) is 5.92 Å². The Labute approximate surface area is 174 Å². The summed E-state index contributed by atoms with van der Waals surface area (Å²) in [6.45, 7) is 6.05. The molecule has 0 aromatic carbocycles. The van der Waals surface area contributed by atoms with Crippen LogP contribution in [0.1, 0.15) is 37.5 Å². The summed E-state index contributed by atoms with van der Waals surface area (Å²) in [6, 6.07) is 0. The van der Waals surface area contributed by atoms with E-state index in [1.165, 1.54) is 26.5 Å². The maximum Gasteiger partial charge on any atom is 0.263 e. The standard InChI is InChI=1S/C19H26N4O4S2/c1-13-5-9-23(10-6-13)29(26,27)17-14(2)28-18-16(17)19(25)22(12-20-18)11-15(24)21-7-3-4-8-21/h12-13H,3-11H2,1-2H3. The lowest BCUT2D eigenvalue weighted by Crippen LogP contribution is -2.38. The van der Waals surface area contributed by atoms with E-state index >= 15 is 0 Å². The van der Waals surface area contributed by atoms with Gasteiger partial charge in [0.05, 0.1) is 11.7 Å². The summed E-state index contributed by atoms with van der Waals surface area (Å²) in [4.78, 5) is 32.7. The van der Waals surface area contributed by atoms with Crippen LogP contribution in [0.3, 0.4) is 0 Å². The zero-order chi connectivity index (χ0) is 20.8. The Balaban J connectivity index is 1.74. The van der Waals surface area contributed by atoms with Crippen molar-refractivity contribution in [2.75, 3.05) is 26.2 Å². The summed E-state index contributed by atoms with van der Waals surface area (Å²) in [6.07, 6.45) is 4.92. The van der Waals surface area contributed by atoms with Crippen LogP contribution in [0.15, 0.2) is 16.0 Å². The average molecular weight is 439 g/mol. The number of nitrogens with zero attached hydrogens (tertiary/aromatic N) is 4. The number of aromatic nitrogens is 2. The zero-order valence-corrected chi connectivity index (χ0v) is 18.4. The predicted molar refractivity (Wildman–Crippen MR) is 112 cm³/mol. The van der Waals surface area contributed by atoms with Crippen LogP contribution in [-0.4, -0.2) is 59.3 Å². The Hall–Kier alpha value is -1.78. The third kappa shape index (κ3) is 3.73. The smallest absolute Gasteiger partial charge is 0.263 e. The molecule has 2 saturated heterocycles. The lowest BCUT2D eigenvalue weighted by molar-refractivity contribution is -0.130. The minimum atomic E-state index is -3.79. The van der Waals surface area contributed by atoms with Crippen molar-refractivity contribution >= 4 is 37.5 Å². The second kappa shape index (κ2) is 7.81. The first-order chi connectivity index (χ1) is 13.8. The molecule has 0 saturated carbocycles. The molecule has 2 fully saturated rings. The Morgan fingerprint density at radius 1 is 1.21 bits per heavy atom. The Morgan fingerprint density at radius 3 is 2.52 bits per heavy atom. The molecule has 158 valence electrons. The van der Waals surface area contributed by atoms with Gasteiger partial charge in [-0.2, -0.15) is 4.31 Å². The van der Waals surface area contributed by atoms with Crippen LogP contribution >= 0.6 is 11.3 Å². The second-order valence-electron chi connectivity index (χ2n) is 8.02. The third-order valence-corrected chi connectivity index (χ3v) is 9.12. The predicted octanol–water partition coefficient (Wildman–Crippen LogP) is 1.81. The van der Waals surface area contributed by atoms with Gasteiger partial charge in [-0.3, -0.25) is 14.2 Å². The molecular weight excluding hydrogens is 412 g/mol. The Morgan fingerprint density at radius 2 is 1.86 bits per heavy atom. The summed E-state index contributed by atoms with van der Waals surface area (Å²) in [5.41, 5.74) is -0.462. The van der Waals surface area contributed by atoms with E-state index in [1.54, 1.807) is 11.8 Å². The van der Waals surface area contributed by atoms with Gasteiger partial charge in [0.15, 0.2) is 0 Å². The molecule has 2 aliphatic rings. The van der Waals surface area contributed by atoms with Crippen molar-refractivity contribution in [1.82, 2.24) is 18.8 Å². The van der Waals surface area contributed by atoms with Crippen LogP contribution in [-0.2, 0) is 21.4 Å². The van der Waals surface area contributed by atoms with E-state index in [2.05, 4.69) is 11.9 Å². The van der Waals surface area contributed by atoms with Gasteiger partial charge in [0.2, 0.25) is 15.9 Å². The Bertz CT molecular complexity index is 1090. The molecule has 2 aromatic rings. The number of fused-ring (bicyclic) bond motifs is 1. The molecule has 0 spiro atoms. The van der Waals surface area contributed by atoms with Crippen LogP contribution in [0.2, 0.25) is 0 Å². The highest BCUT2D eigenvalue weighted by molar-refractivity contribution is 7.89. The van der Waals surface area contributed by atoms with Gasteiger partial charge in [-0.05, 0) is 38.5 Å². The van der Waals surface area contributed by atoms with Crippen molar-refractivity contribution in [2.45, 2.75) is 51.0 Å². The number of piperidine rings is 1. The lowest BCUT2D eigenvalue weighted by atomic mass is 10.0.